The normalized spacial score (nSPS) is 12.2. The molecule has 0 bridgehead atoms. The van der Waals surface area contributed by atoms with Gasteiger partial charge in [-0.3, -0.25) is 4.99 Å². The van der Waals surface area contributed by atoms with Crippen molar-refractivity contribution in [3.05, 3.63) is 54.2 Å². The summed E-state index contributed by atoms with van der Waals surface area (Å²) in [5.74, 6) is -0.264. The molecule has 0 atom stereocenters. The largest absolute Gasteiger partial charge is 0.573 e. The van der Waals surface area contributed by atoms with Gasteiger partial charge in [-0.2, -0.15) is 5.10 Å². The fourth-order valence-corrected chi connectivity index (χ4v) is 2.21. The second-order valence-electron chi connectivity index (χ2n) is 4.82. The van der Waals surface area contributed by atoms with Crippen LogP contribution in [0.1, 0.15) is 5.56 Å². The number of benzene rings is 2. The zero-order chi connectivity index (χ0) is 16.4. The van der Waals surface area contributed by atoms with Crippen LogP contribution in [0.25, 0.3) is 16.6 Å². The first kappa shape index (κ1) is 15.1. The molecule has 23 heavy (non-hydrogen) atoms. The number of nitrogens with zero attached hydrogens (tertiary/aromatic N) is 3. The first-order chi connectivity index (χ1) is 10.9. The standard InChI is InChI=1S/C16H12F3N3O/c1-20-9-11-2-7-15-12(8-11)10-22(21-15)13-3-5-14(6-4-13)23-16(17,18)19/h2-10H,1H3. The molecule has 0 saturated heterocycles. The van der Waals surface area contributed by atoms with Gasteiger partial charge in [0.15, 0.2) is 0 Å². The number of hydrogen-bond donors (Lipinski definition) is 0. The van der Waals surface area contributed by atoms with E-state index in [0.29, 0.717) is 5.69 Å². The average Bonchev–Trinajstić information content (AvgIpc) is 2.90. The molecule has 1 aromatic heterocycles. The van der Waals surface area contributed by atoms with Crippen molar-refractivity contribution in [1.82, 2.24) is 9.78 Å². The van der Waals surface area contributed by atoms with Gasteiger partial charge >= 0.3 is 6.36 Å². The van der Waals surface area contributed by atoms with Crippen molar-refractivity contribution in [2.24, 2.45) is 4.99 Å². The van der Waals surface area contributed by atoms with E-state index in [-0.39, 0.29) is 5.75 Å². The molecule has 0 aliphatic heterocycles. The molecule has 0 aliphatic carbocycles. The van der Waals surface area contributed by atoms with E-state index in [0.717, 1.165) is 16.5 Å². The van der Waals surface area contributed by atoms with Gasteiger partial charge in [-0.15, -0.1) is 13.2 Å². The van der Waals surface area contributed by atoms with E-state index in [1.807, 2.05) is 24.4 Å². The quantitative estimate of drug-likeness (QED) is 0.685. The van der Waals surface area contributed by atoms with Crippen LogP contribution in [0.2, 0.25) is 0 Å². The fourth-order valence-electron chi connectivity index (χ4n) is 2.21. The minimum absolute atomic E-state index is 0.264. The first-order valence-electron chi connectivity index (χ1n) is 6.72. The molecule has 7 heteroatoms. The Hall–Kier alpha value is -2.83. The molecular formula is C16H12F3N3O. The van der Waals surface area contributed by atoms with Crippen LogP contribution < -0.4 is 4.74 Å². The molecule has 0 unspecified atom stereocenters. The summed E-state index contributed by atoms with van der Waals surface area (Å²) < 4.78 is 41.9. The third-order valence-electron chi connectivity index (χ3n) is 3.14. The zero-order valence-corrected chi connectivity index (χ0v) is 12.1. The van der Waals surface area contributed by atoms with Gasteiger partial charge in [-0.25, -0.2) is 4.68 Å². The summed E-state index contributed by atoms with van der Waals surface area (Å²) in [5, 5.41) is 5.31. The zero-order valence-electron chi connectivity index (χ0n) is 12.1. The van der Waals surface area contributed by atoms with Crippen LogP contribution in [0.5, 0.6) is 5.75 Å². The molecule has 3 aromatic rings. The Balaban J connectivity index is 1.90. The summed E-state index contributed by atoms with van der Waals surface area (Å²) in [4.78, 5) is 3.96. The minimum Gasteiger partial charge on any atom is -0.406 e. The van der Waals surface area contributed by atoms with E-state index < -0.39 is 6.36 Å². The number of rotatable bonds is 3. The van der Waals surface area contributed by atoms with E-state index in [2.05, 4.69) is 14.8 Å². The topological polar surface area (TPSA) is 39.4 Å². The fraction of sp³-hybridized carbons (Fsp3) is 0.125. The molecule has 0 spiro atoms. The number of aromatic nitrogens is 2. The van der Waals surface area contributed by atoms with Crippen molar-refractivity contribution in [1.29, 1.82) is 0 Å². The highest BCUT2D eigenvalue weighted by molar-refractivity contribution is 5.88. The van der Waals surface area contributed by atoms with Crippen LogP contribution in [0.3, 0.4) is 0 Å². The lowest BCUT2D eigenvalue weighted by Crippen LogP contribution is -2.17. The maximum absolute atomic E-state index is 12.2. The highest BCUT2D eigenvalue weighted by Crippen LogP contribution is 2.24. The van der Waals surface area contributed by atoms with Crippen LogP contribution in [0.4, 0.5) is 13.2 Å². The van der Waals surface area contributed by atoms with Gasteiger partial charge in [0.05, 0.1) is 11.2 Å². The highest BCUT2D eigenvalue weighted by Gasteiger charge is 2.30. The van der Waals surface area contributed by atoms with Crippen LogP contribution in [0, 0.1) is 0 Å². The second-order valence-corrected chi connectivity index (χ2v) is 4.82. The number of hydrogen-bond acceptors (Lipinski definition) is 3. The van der Waals surface area contributed by atoms with Gasteiger partial charge in [0, 0.05) is 24.8 Å². The highest BCUT2D eigenvalue weighted by atomic mass is 19.4. The smallest absolute Gasteiger partial charge is 0.406 e. The summed E-state index contributed by atoms with van der Waals surface area (Å²) in [6.45, 7) is 0. The number of ether oxygens (including phenoxy) is 1. The Morgan fingerprint density at radius 2 is 1.87 bits per heavy atom. The third kappa shape index (κ3) is 3.50. The molecule has 0 N–H and O–H groups in total. The van der Waals surface area contributed by atoms with E-state index in [1.54, 1.807) is 17.9 Å². The van der Waals surface area contributed by atoms with Crippen molar-refractivity contribution in [2.75, 3.05) is 7.05 Å². The van der Waals surface area contributed by atoms with Crippen molar-refractivity contribution in [2.45, 2.75) is 6.36 Å². The van der Waals surface area contributed by atoms with Gasteiger partial charge in [-0.1, -0.05) is 6.07 Å². The Morgan fingerprint density at radius 1 is 1.13 bits per heavy atom. The lowest BCUT2D eigenvalue weighted by Gasteiger charge is -2.09. The van der Waals surface area contributed by atoms with Crippen LogP contribution in [0.15, 0.2) is 53.7 Å². The molecule has 3 rings (SSSR count). The summed E-state index contributed by atoms with van der Waals surface area (Å²) >= 11 is 0. The van der Waals surface area contributed by atoms with E-state index in [9.17, 15) is 13.2 Å². The maximum atomic E-state index is 12.2. The molecule has 0 aliphatic rings. The van der Waals surface area contributed by atoms with Crippen molar-refractivity contribution < 1.29 is 17.9 Å². The minimum atomic E-state index is -4.70. The van der Waals surface area contributed by atoms with Crippen LogP contribution in [-0.4, -0.2) is 29.4 Å². The molecule has 1 heterocycles. The molecule has 2 aromatic carbocycles. The SMILES string of the molecule is CN=Cc1ccc2nn(-c3ccc(OC(F)(F)F)cc3)cc2c1. The van der Waals surface area contributed by atoms with E-state index >= 15 is 0 Å². The Bertz CT molecular complexity index is 851. The molecule has 118 valence electrons. The van der Waals surface area contributed by atoms with Gasteiger partial charge in [0.2, 0.25) is 0 Å². The number of fused-ring (bicyclic) bond motifs is 1. The van der Waals surface area contributed by atoms with Crippen molar-refractivity contribution >= 4 is 17.1 Å². The summed E-state index contributed by atoms with van der Waals surface area (Å²) in [5.41, 5.74) is 2.38. The van der Waals surface area contributed by atoms with Crippen molar-refractivity contribution in [3.63, 3.8) is 0 Å². The maximum Gasteiger partial charge on any atom is 0.573 e. The third-order valence-corrected chi connectivity index (χ3v) is 3.14. The lowest BCUT2D eigenvalue weighted by molar-refractivity contribution is -0.274. The summed E-state index contributed by atoms with van der Waals surface area (Å²) in [6.07, 6.45) is -1.15. The molecule has 0 saturated carbocycles. The number of aliphatic imine (C=N–C) groups is 1. The van der Waals surface area contributed by atoms with Crippen LogP contribution in [-0.2, 0) is 0 Å². The Kier molecular flexibility index (Phi) is 3.77. The molecule has 0 amide bonds. The number of alkyl halides is 3. The first-order valence-corrected chi connectivity index (χ1v) is 6.72. The van der Waals surface area contributed by atoms with Gasteiger partial charge in [0.25, 0.3) is 0 Å². The monoisotopic (exact) mass is 319 g/mol. The van der Waals surface area contributed by atoms with Crippen LogP contribution >= 0.6 is 0 Å². The number of halogens is 3. The van der Waals surface area contributed by atoms with Gasteiger partial charge < -0.3 is 4.74 Å². The summed E-state index contributed by atoms with van der Waals surface area (Å²) in [6, 6.07) is 11.2. The predicted octanol–water partition coefficient (Wildman–Crippen LogP) is 3.97. The van der Waals surface area contributed by atoms with Gasteiger partial charge in [0.1, 0.15) is 5.75 Å². The molecule has 4 nitrogen and oxygen atoms in total. The predicted molar refractivity (Wildman–Crippen MR) is 81.3 cm³/mol. The summed E-state index contributed by atoms with van der Waals surface area (Å²) in [7, 11) is 1.69. The second kappa shape index (κ2) is 5.75. The molecular weight excluding hydrogens is 307 g/mol. The van der Waals surface area contributed by atoms with E-state index in [1.165, 1.54) is 24.3 Å². The van der Waals surface area contributed by atoms with Crippen molar-refractivity contribution in [3.8, 4) is 11.4 Å². The Morgan fingerprint density at radius 3 is 2.52 bits per heavy atom. The Labute approximate surface area is 129 Å². The lowest BCUT2D eigenvalue weighted by atomic mass is 10.2. The average molecular weight is 319 g/mol. The van der Waals surface area contributed by atoms with E-state index in [4.69, 9.17) is 0 Å². The molecule has 0 radical (unpaired) electrons. The molecule has 0 fully saturated rings. The van der Waals surface area contributed by atoms with Gasteiger partial charge in [-0.05, 0) is 42.0 Å².